The Bertz CT molecular complexity index is 549. The Labute approximate surface area is 128 Å². The van der Waals surface area contributed by atoms with Gasteiger partial charge in [-0.1, -0.05) is 67.6 Å². The van der Waals surface area contributed by atoms with Crippen molar-refractivity contribution in [2.75, 3.05) is 6.61 Å². The van der Waals surface area contributed by atoms with Gasteiger partial charge in [-0.15, -0.1) is 0 Å². The lowest BCUT2D eigenvalue weighted by molar-refractivity contribution is 0.0707. The van der Waals surface area contributed by atoms with Crippen LogP contribution in [0, 0.1) is 5.92 Å². The maximum absolute atomic E-state index is 6.11. The van der Waals surface area contributed by atoms with Crippen LogP contribution in [0.4, 0.5) is 0 Å². The smallest absolute Gasteiger partial charge is 0.0717 e. The zero-order valence-electron chi connectivity index (χ0n) is 12.8. The number of hydrogen-bond donors (Lipinski definition) is 0. The highest BCUT2D eigenvalue weighted by atomic mass is 16.5. The van der Waals surface area contributed by atoms with Gasteiger partial charge in [-0.2, -0.15) is 0 Å². The minimum absolute atomic E-state index is 0.218. The second kappa shape index (κ2) is 6.44. The molecule has 2 aromatic carbocycles. The summed E-state index contributed by atoms with van der Waals surface area (Å²) in [7, 11) is 0. The van der Waals surface area contributed by atoms with Crippen molar-refractivity contribution in [1.82, 2.24) is 0 Å². The lowest BCUT2D eigenvalue weighted by Crippen LogP contribution is -2.29. The zero-order chi connectivity index (χ0) is 14.5. The van der Waals surface area contributed by atoms with Crippen molar-refractivity contribution in [3.05, 3.63) is 71.8 Å². The van der Waals surface area contributed by atoms with E-state index in [0.717, 1.165) is 12.5 Å². The van der Waals surface area contributed by atoms with Gasteiger partial charge >= 0.3 is 0 Å². The second-order valence-electron chi connectivity index (χ2n) is 6.47. The molecule has 110 valence electrons. The normalized spacial score (nSPS) is 25.1. The maximum Gasteiger partial charge on any atom is 0.0717 e. The zero-order valence-corrected chi connectivity index (χ0v) is 12.8. The lowest BCUT2D eigenvalue weighted by atomic mass is 9.79. The van der Waals surface area contributed by atoms with Gasteiger partial charge in [0.15, 0.2) is 0 Å². The summed E-state index contributed by atoms with van der Waals surface area (Å²) in [5, 5.41) is 0. The molecule has 21 heavy (non-hydrogen) atoms. The van der Waals surface area contributed by atoms with Crippen LogP contribution in [0.2, 0.25) is 0 Å². The highest BCUT2D eigenvalue weighted by molar-refractivity contribution is 5.27. The molecule has 2 aromatic rings. The van der Waals surface area contributed by atoms with Crippen LogP contribution in [0.25, 0.3) is 0 Å². The Hall–Kier alpha value is -1.60. The molecule has 2 atom stereocenters. The molecule has 2 unspecified atom stereocenters. The van der Waals surface area contributed by atoms with Crippen molar-refractivity contribution in [3.63, 3.8) is 0 Å². The first kappa shape index (κ1) is 14.3. The predicted molar refractivity (Wildman–Crippen MR) is 87.2 cm³/mol. The number of hydrogen-bond acceptors (Lipinski definition) is 1. The molecule has 0 radical (unpaired) electrons. The van der Waals surface area contributed by atoms with E-state index in [1.54, 1.807) is 0 Å². The molecule has 1 aliphatic carbocycles. The molecule has 0 spiro atoms. The van der Waals surface area contributed by atoms with Crippen LogP contribution in [-0.2, 0) is 16.8 Å². The highest BCUT2D eigenvalue weighted by Gasteiger charge is 2.39. The topological polar surface area (TPSA) is 9.23 Å². The number of rotatable bonds is 5. The number of ether oxygens (including phenoxy) is 1. The summed E-state index contributed by atoms with van der Waals surface area (Å²) in [5.41, 5.74) is 2.92. The Morgan fingerprint density at radius 1 is 1.00 bits per heavy atom. The van der Waals surface area contributed by atoms with E-state index >= 15 is 0 Å². The van der Waals surface area contributed by atoms with Gasteiger partial charge in [-0.05, 0) is 36.3 Å². The third kappa shape index (κ3) is 3.36. The standard InChI is InChI=1S/C20H24O/c1-17-12-13-20(14-17,19-10-6-3-7-11-19)16-21-15-18-8-4-2-5-9-18/h2-11,17H,12-16H2,1H3. The molecule has 0 saturated heterocycles. The summed E-state index contributed by atoms with van der Waals surface area (Å²) < 4.78 is 6.11. The molecule has 3 rings (SSSR count). The van der Waals surface area contributed by atoms with Gasteiger partial charge < -0.3 is 4.74 Å². The van der Waals surface area contributed by atoms with E-state index in [0.29, 0.717) is 6.61 Å². The average molecular weight is 280 g/mol. The Morgan fingerprint density at radius 3 is 2.29 bits per heavy atom. The van der Waals surface area contributed by atoms with Crippen LogP contribution >= 0.6 is 0 Å². The van der Waals surface area contributed by atoms with Crippen LogP contribution in [0.3, 0.4) is 0 Å². The predicted octanol–water partition coefficient (Wildman–Crippen LogP) is 4.96. The summed E-state index contributed by atoms with van der Waals surface area (Å²) in [5.74, 6) is 0.797. The summed E-state index contributed by atoms with van der Waals surface area (Å²) in [6, 6.07) is 21.4. The third-order valence-electron chi connectivity index (χ3n) is 4.73. The molecule has 0 N–H and O–H groups in total. The fourth-order valence-electron chi connectivity index (χ4n) is 3.60. The molecular weight excluding hydrogens is 256 g/mol. The lowest BCUT2D eigenvalue weighted by Gasteiger charge is -2.30. The van der Waals surface area contributed by atoms with Gasteiger partial charge in [0, 0.05) is 5.41 Å². The fourth-order valence-corrected chi connectivity index (χ4v) is 3.60. The van der Waals surface area contributed by atoms with E-state index in [1.807, 2.05) is 6.07 Å². The third-order valence-corrected chi connectivity index (χ3v) is 4.73. The molecule has 0 bridgehead atoms. The van der Waals surface area contributed by atoms with Crippen LogP contribution in [0.5, 0.6) is 0 Å². The van der Waals surface area contributed by atoms with E-state index in [2.05, 4.69) is 61.5 Å². The first-order valence-corrected chi connectivity index (χ1v) is 7.96. The Morgan fingerprint density at radius 2 is 1.67 bits per heavy atom. The minimum Gasteiger partial charge on any atom is -0.376 e. The maximum atomic E-state index is 6.11. The van der Waals surface area contributed by atoms with Gasteiger partial charge in [-0.3, -0.25) is 0 Å². The molecule has 1 aliphatic rings. The van der Waals surface area contributed by atoms with Crippen molar-refractivity contribution in [2.45, 2.75) is 38.2 Å². The van der Waals surface area contributed by atoms with Crippen LogP contribution in [0.1, 0.15) is 37.3 Å². The summed E-state index contributed by atoms with van der Waals surface area (Å²) in [6.45, 7) is 3.90. The van der Waals surface area contributed by atoms with Crippen LogP contribution < -0.4 is 0 Å². The van der Waals surface area contributed by atoms with E-state index < -0.39 is 0 Å². The first-order valence-electron chi connectivity index (χ1n) is 7.96. The van der Waals surface area contributed by atoms with Gasteiger partial charge in [-0.25, -0.2) is 0 Å². The monoisotopic (exact) mass is 280 g/mol. The van der Waals surface area contributed by atoms with Crippen molar-refractivity contribution >= 4 is 0 Å². The number of benzene rings is 2. The summed E-state index contributed by atoms with van der Waals surface area (Å²) >= 11 is 0. The van der Waals surface area contributed by atoms with E-state index in [9.17, 15) is 0 Å². The molecule has 1 saturated carbocycles. The molecule has 1 nitrogen and oxygen atoms in total. The highest BCUT2D eigenvalue weighted by Crippen LogP contribution is 2.44. The average Bonchev–Trinajstić information content (AvgIpc) is 2.92. The molecule has 0 aliphatic heterocycles. The summed E-state index contributed by atoms with van der Waals surface area (Å²) in [4.78, 5) is 0. The van der Waals surface area contributed by atoms with E-state index in [1.165, 1.54) is 30.4 Å². The van der Waals surface area contributed by atoms with Crippen LogP contribution in [0.15, 0.2) is 60.7 Å². The quantitative estimate of drug-likeness (QED) is 0.752. The molecular formula is C20H24O. The Balaban J connectivity index is 1.69. The van der Waals surface area contributed by atoms with Crippen molar-refractivity contribution < 1.29 is 4.74 Å². The SMILES string of the molecule is CC1CCC(COCc2ccccc2)(c2ccccc2)C1. The minimum atomic E-state index is 0.218. The fraction of sp³-hybridized carbons (Fsp3) is 0.400. The largest absolute Gasteiger partial charge is 0.376 e. The summed E-state index contributed by atoms with van der Waals surface area (Å²) in [6.07, 6.45) is 3.79. The molecule has 0 aromatic heterocycles. The molecule has 1 fully saturated rings. The van der Waals surface area contributed by atoms with E-state index in [4.69, 9.17) is 4.74 Å². The molecule has 1 heteroatoms. The molecule has 0 amide bonds. The first-order chi connectivity index (χ1) is 10.3. The van der Waals surface area contributed by atoms with Crippen molar-refractivity contribution in [2.24, 2.45) is 5.92 Å². The van der Waals surface area contributed by atoms with E-state index in [-0.39, 0.29) is 5.41 Å². The second-order valence-corrected chi connectivity index (χ2v) is 6.47. The van der Waals surface area contributed by atoms with Crippen molar-refractivity contribution in [1.29, 1.82) is 0 Å². The van der Waals surface area contributed by atoms with Crippen LogP contribution in [-0.4, -0.2) is 6.61 Å². The van der Waals surface area contributed by atoms with Gasteiger partial charge in [0.25, 0.3) is 0 Å². The Kier molecular flexibility index (Phi) is 4.40. The van der Waals surface area contributed by atoms with Crippen molar-refractivity contribution in [3.8, 4) is 0 Å². The van der Waals surface area contributed by atoms with Gasteiger partial charge in [0.2, 0.25) is 0 Å². The van der Waals surface area contributed by atoms with Gasteiger partial charge in [0.05, 0.1) is 13.2 Å². The van der Waals surface area contributed by atoms with Gasteiger partial charge in [0.1, 0.15) is 0 Å². The molecule has 0 heterocycles.